The number of hydrogen-bond acceptors (Lipinski definition) is 7. The number of fused-ring (bicyclic) bond motifs is 1. The highest BCUT2D eigenvalue weighted by atomic mass is 16.5. The van der Waals surface area contributed by atoms with Crippen LogP contribution in [0.5, 0.6) is 5.75 Å². The first-order valence-electron chi connectivity index (χ1n) is 18.6. The van der Waals surface area contributed by atoms with Crippen LogP contribution in [0.4, 0.5) is 11.4 Å². The van der Waals surface area contributed by atoms with Crippen molar-refractivity contribution >= 4 is 40.9 Å². The normalized spacial score (nSPS) is 13.9. The number of carbonyl (C=O) groups is 5. The number of likely N-dealkylation sites (N-methyl/N-ethyl adjacent to an activating group) is 1. The lowest BCUT2D eigenvalue weighted by atomic mass is 10.1. The molecule has 5 amide bonds. The van der Waals surface area contributed by atoms with Gasteiger partial charge >= 0.3 is 0 Å². The minimum absolute atomic E-state index is 0.147. The molecular formula is C44H45N5O6. The molecule has 11 nitrogen and oxygen atoms in total. The first-order chi connectivity index (χ1) is 26.7. The third-order valence-electron chi connectivity index (χ3n) is 9.80. The maximum atomic E-state index is 13.5. The van der Waals surface area contributed by atoms with Crippen LogP contribution in [0.2, 0.25) is 0 Å². The summed E-state index contributed by atoms with van der Waals surface area (Å²) in [4.78, 5) is 71.5. The van der Waals surface area contributed by atoms with Gasteiger partial charge in [0.25, 0.3) is 23.6 Å². The summed E-state index contributed by atoms with van der Waals surface area (Å²) in [6.07, 6.45) is 3.29. The Hall–Kier alpha value is -6.25. The second-order valence-corrected chi connectivity index (χ2v) is 13.6. The van der Waals surface area contributed by atoms with E-state index in [0.29, 0.717) is 58.0 Å². The Labute approximate surface area is 321 Å². The minimum Gasteiger partial charge on any atom is -0.491 e. The van der Waals surface area contributed by atoms with E-state index in [1.165, 1.54) is 4.90 Å². The summed E-state index contributed by atoms with van der Waals surface area (Å²) >= 11 is 0. The molecule has 1 fully saturated rings. The van der Waals surface area contributed by atoms with Gasteiger partial charge in [0.15, 0.2) is 0 Å². The molecule has 11 heteroatoms. The quantitative estimate of drug-likeness (QED) is 0.102. The van der Waals surface area contributed by atoms with Crippen LogP contribution < -0.4 is 15.0 Å². The molecule has 0 bridgehead atoms. The predicted octanol–water partition coefficient (Wildman–Crippen LogP) is 5.97. The van der Waals surface area contributed by atoms with Gasteiger partial charge in [0, 0.05) is 69.4 Å². The summed E-state index contributed by atoms with van der Waals surface area (Å²) < 4.78 is 6.09. The van der Waals surface area contributed by atoms with Crippen LogP contribution in [-0.4, -0.2) is 97.7 Å². The minimum atomic E-state index is -0.367. The number of para-hydroxylation sites is 2. The van der Waals surface area contributed by atoms with Crippen molar-refractivity contribution in [3.05, 3.63) is 125 Å². The van der Waals surface area contributed by atoms with Crippen molar-refractivity contribution in [1.29, 1.82) is 0 Å². The highest BCUT2D eigenvalue weighted by molar-refractivity contribution is 6.21. The predicted molar refractivity (Wildman–Crippen MR) is 211 cm³/mol. The molecule has 1 saturated heterocycles. The number of hydrogen-bond donors (Lipinski definition) is 1. The standard InChI is InChI=1S/C44H45N5O6/c1-46-27-29-48(30-28-46)40(50)21-4-3-13-31-55-39-20-10-9-19-38(39)47(2)42(52)33-22-24-34(25-23-33)45-41(51)35-16-6-5-14-32(35)15-11-12-26-49-43(53)36-17-7-8-18-37(36)44(49)54/h5-10,14,16-20,22-25H,3-4,12-13,21,26-31H2,1-2H3,(H,45,51). The summed E-state index contributed by atoms with van der Waals surface area (Å²) in [6, 6.07) is 27.7. The Bertz CT molecular complexity index is 2080. The van der Waals surface area contributed by atoms with E-state index in [-0.39, 0.29) is 42.5 Å². The van der Waals surface area contributed by atoms with Crippen molar-refractivity contribution < 1.29 is 28.7 Å². The summed E-state index contributed by atoms with van der Waals surface area (Å²) in [6.45, 7) is 4.05. The van der Waals surface area contributed by atoms with Crippen LogP contribution in [0.15, 0.2) is 97.1 Å². The molecule has 55 heavy (non-hydrogen) atoms. The second kappa shape index (κ2) is 18.2. The van der Waals surface area contributed by atoms with Gasteiger partial charge in [0.1, 0.15) is 5.75 Å². The molecule has 0 aliphatic carbocycles. The average Bonchev–Trinajstić information content (AvgIpc) is 3.45. The van der Waals surface area contributed by atoms with Crippen LogP contribution in [-0.2, 0) is 4.79 Å². The lowest BCUT2D eigenvalue weighted by Crippen LogP contribution is -2.47. The molecule has 0 radical (unpaired) electrons. The topological polar surface area (TPSA) is 120 Å². The molecule has 6 rings (SSSR count). The smallest absolute Gasteiger partial charge is 0.261 e. The first kappa shape index (κ1) is 38.5. The zero-order chi connectivity index (χ0) is 38.7. The monoisotopic (exact) mass is 739 g/mol. The third-order valence-corrected chi connectivity index (χ3v) is 9.80. The van der Waals surface area contributed by atoms with Crippen molar-refractivity contribution in [2.45, 2.75) is 32.1 Å². The number of piperazine rings is 1. The molecule has 2 aliphatic heterocycles. The van der Waals surface area contributed by atoms with E-state index in [1.807, 2.05) is 29.2 Å². The van der Waals surface area contributed by atoms with Gasteiger partial charge in [-0.2, -0.15) is 0 Å². The van der Waals surface area contributed by atoms with Crippen molar-refractivity contribution in [3.63, 3.8) is 0 Å². The number of rotatable bonds is 13. The zero-order valence-corrected chi connectivity index (χ0v) is 31.3. The molecule has 0 unspecified atom stereocenters. The van der Waals surface area contributed by atoms with Gasteiger partial charge in [-0.05, 0) is 87.0 Å². The maximum absolute atomic E-state index is 13.5. The number of benzene rings is 4. The van der Waals surface area contributed by atoms with Gasteiger partial charge in [-0.3, -0.25) is 28.9 Å². The number of unbranched alkanes of at least 4 members (excludes halogenated alkanes) is 2. The van der Waals surface area contributed by atoms with Gasteiger partial charge in [-0.1, -0.05) is 48.2 Å². The Kier molecular flexibility index (Phi) is 12.7. The highest BCUT2D eigenvalue weighted by Gasteiger charge is 2.34. The van der Waals surface area contributed by atoms with Gasteiger partial charge in [0.05, 0.1) is 29.0 Å². The number of carbonyl (C=O) groups excluding carboxylic acids is 5. The van der Waals surface area contributed by atoms with Crippen molar-refractivity contribution in [1.82, 2.24) is 14.7 Å². The van der Waals surface area contributed by atoms with E-state index < -0.39 is 0 Å². The Balaban J connectivity index is 0.981. The van der Waals surface area contributed by atoms with Crippen molar-refractivity contribution in [2.24, 2.45) is 0 Å². The van der Waals surface area contributed by atoms with Gasteiger partial charge in [-0.25, -0.2) is 0 Å². The second-order valence-electron chi connectivity index (χ2n) is 13.6. The van der Waals surface area contributed by atoms with Crippen molar-refractivity contribution in [2.75, 3.05) is 63.6 Å². The number of nitrogens with one attached hydrogen (secondary N) is 1. The van der Waals surface area contributed by atoms with Gasteiger partial charge < -0.3 is 24.8 Å². The van der Waals surface area contributed by atoms with E-state index in [4.69, 9.17) is 4.74 Å². The summed E-state index contributed by atoms with van der Waals surface area (Å²) in [5.74, 6) is 5.57. The molecule has 2 aliphatic rings. The molecule has 1 N–H and O–H groups in total. The SMILES string of the molecule is CN1CCN(C(=O)CCCCCOc2ccccc2N(C)C(=O)c2ccc(NC(=O)c3ccccc3C#CCCN3C(=O)c4ccccc4C3=O)cc2)CC1. The largest absolute Gasteiger partial charge is 0.491 e. The molecular weight excluding hydrogens is 695 g/mol. The summed E-state index contributed by atoms with van der Waals surface area (Å²) in [5, 5.41) is 2.88. The lowest BCUT2D eigenvalue weighted by Gasteiger charge is -2.32. The molecule has 282 valence electrons. The highest BCUT2D eigenvalue weighted by Crippen LogP contribution is 2.29. The fraction of sp³-hybridized carbons (Fsp3) is 0.295. The fourth-order valence-corrected chi connectivity index (χ4v) is 6.56. The number of imide groups is 1. The fourth-order valence-electron chi connectivity index (χ4n) is 6.56. The van der Waals surface area contributed by atoms with E-state index in [1.54, 1.807) is 84.7 Å². The third kappa shape index (κ3) is 9.47. The van der Waals surface area contributed by atoms with E-state index in [2.05, 4.69) is 29.1 Å². The van der Waals surface area contributed by atoms with Crippen LogP contribution >= 0.6 is 0 Å². The summed E-state index contributed by atoms with van der Waals surface area (Å²) in [5.41, 5.74) is 3.24. The Morgan fingerprint density at radius 1 is 0.782 bits per heavy atom. The number of amides is 5. The molecule has 4 aromatic carbocycles. The number of anilines is 2. The van der Waals surface area contributed by atoms with E-state index in [9.17, 15) is 24.0 Å². The van der Waals surface area contributed by atoms with E-state index >= 15 is 0 Å². The molecule has 0 atom stereocenters. The first-order valence-corrected chi connectivity index (χ1v) is 18.6. The average molecular weight is 740 g/mol. The maximum Gasteiger partial charge on any atom is 0.261 e. The Morgan fingerprint density at radius 3 is 2.16 bits per heavy atom. The molecule has 0 spiro atoms. The van der Waals surface area contributed by atoms with Crippen LogP contribution in [0, 0.1) is 11.8 Å². The van der Waals surface area contributed by atoms with Crippen LogP contribution in [0.1, 0.15) is 79.1 Å². The van der Waals surface area contributed by atoms with Crippen LogP contribution in [0.25, 0.3) is 0 Å². The molecule has 0 saturated carbocycles. The lowest BCUT2D eigenvalue weighted by molar-refractivity contribution is -0.132. The number of nitrogens with zero attached hydrogens (tertiary/aromatic N) is 4. The molecule has 4 aromatic rings. The van der Waals surface area contributed by atoms with E-state index in [0.717, 1.165) is 45.4 Å². The van der Waals surface area contributed by atoms with Gasteiger partial charge in [-0.15, -0.1) is 0 Å². The van der Waals surface area contributed by atoms with Crippen molar-refractivity contribution in [3.8, 4) is 17.6 Å². The number of ether oxygens (including phenoxy) is 1. The molecule has 2 heterocycles. The Morgan fingerprint density at radius 2 is 1.44 bits per heavy atom. The molecule has 0 aromatic heterocycles. The zero-order valence-electron chi connectivity index (χ0n) is 31.3. The summed E-state index contributed by atoms with van der Waals surface area (Å²) in [7, 11) is 3.77. The van der Waals surface area contributed by atoms with Gasteiger partial charge in [0.2, 0.25) is 5.91 Å². The van der Waals surface area contributed by atoms with Crippen LogP contribution in [0.3, 0.4) is 0 Å².